The zero-order valence-electron chi connectivity index (χ0n) is 15.2. The minimum atomic E-state index is -0.560. The minimum Gasteiger partial charge on any atom is -0.337 e. The van der Waals surface area contributed by atoms with E-state index in [9.17, 15) is 19.3 Å². The molecule has 1 aromatic heterocycles. The maximum Gasteiger partial charge on any atom is 0.270 e. The molecule has 0 fully saturated rings. The van der Waals surface area contributed by atoms with Crippen molar-refractivity contribution in [2.75, 3.05) is 7.05 Å². The Balaban J connectivity index is 1.94. The van der Waals surface area contributed by atoms with Crippen molar-refractivity contribution in [2.24, 2.45) is 7.05 Å². The van der Waals surface area contributed by atoms with E-state index in [4.69, 9.17) is 0 Å². The Bertz CT molecular complexity index is 1040. The molecule has 144 valence electrons. The van der Waals surface area contributed by atoms with Crippen LogP contribution in [0.4, 0.5) is 10.1 Å². The average molecular weight is 400 g/mol. The van der Waals surface area contributed by atoms with E-state index in [1.165, 1.54) is 29.2 Å². The average Bonchev–Trinajstić information content (AvgIpc) is 3.07. The number of nitrogens with zero attached hydrogens (tertiary/aromatic N) is 4. The van der Waals surface area contributed by atoms with E-state index in [1.54, 1.807) is 49.4 Å². The Morgan fingerprint density at radius 1 is 1.29 bits per heavy atom. The highest BCUT2D eigenvalue weighted by Gasteiger charge is 2.21. The molecule has 1 amide bonds. The van der Waals surface area contributed by atoms with Crippen LogP contribution in [0.2, 0.25) is 0 Å². The largest absolute Gasteiger partial charge is 0.337 e. The molecule has 0 aliphatic heterocycles. The Hall–Kier alpha value is -3.20. The van der Waals surface area contributed by atoms with Crippen LogP contribution in [-0.4, -0.2) is 32.6 Å². The minimum absolute atomic E-state index is 0.147. The van der Waals surface area contributed by atoms with Gasteiger partial charge in [0.25, 0.3) is 11.6 Å². The number of hydrogen-bond donors (Lipinski definition) is 0. The van der Waals surface area contributed by atoms with Gasteiger partial charge in [-0.15, -0.1) is 0 Å². The third-order valence-corrected chi connectivity index (χ3v) is 5.11. The number of carbonyl (C=O) groups is 1. The third-order valence-electron chi connectivity index (χ3n) is 3.99. The summed E-state index contributed by atoms with van der Waals surface area (Å²) in [7, 11) is 3.38. The second kappa shape index (κ2) is 8.22. The summed E-state index contributed by atoms with van der Waals surface area (Å²) in [6, 6.07) is 10.2. The first-order valence-corrected chi connectivity index (χ1v) is 9.10. The normalized spacial score (nSPS) is 10.7. The second-order valence-electron chi connectivity index (χ2n) is 6.15. The number of hydrogen-bond acceptors (Lipinski definition) is 5. The molecule has 0 bridgehead atoms. The summed E-state index contributed by atoms with van der Waals surface area (Å²) in [5.41, 5.74) is 0.775. The molecular weight excluding hydrogens is 383 g/mol. The van der Waals surface area contributed by atoms with Gasteiger partial charge < -0.3 is 4.90 Å². The Morgan fingerprint density at radius 2 is 2.04 bits per heavy atom. The lowest BCUT2D eigenvalue weighted by atomic mass is 10.1. The summed E-state index contributed by atoms with van der Waals surface area (Å²) in [5.74, 6) is -0.820. The topological polar surface area (TPSA) is 81.3 Å². The zero-order chi connectivity index (χ0) is 20.3. The summed E-state index contributed by atoms with van der Waals surface area (Å²) in [6.45, 7) is 0.291. The molecule has 0 saturated heterocycles. The van der Waals surface area contributed by atoms with E-state index in [0.29, 0.717) is 16.3 Å². The van der Waals surface area contributed by atoms with Crippen molar-refractivity contribution in [2.45, 2.75) is 16.3 Å². The first kappa shape index (κ1) is 19.6. The van der Waals surface area contributed by atoms with Gasteiger partial charge in [-0.3, -0.25) is 19.6 Å². The molecule has 28 heavy (non-hydrogen) atoms. The van der Waals surface area contributed by atoms with Crippen LogP contribution in [0, 0.1) is 15.9 Å². The molecule has 0 radical (unpaired) electrons. The number of benzene rings is 2. The van der Waals surface area contributed by atoms with Crippen LogP contribution in [0.15, 0.2) is 64.6 Å². The van der Waals surface area contributed by atoms with E-state index in [1.807, 2.05) is 0 Å². The van der Waals surface area contributed by atoms with Crippen LogP contribution in [-0.2, 0) is 13.6 Å². The van der Waals surface area contributed by atoms with Crippen molar-refractivity contribution < 1.29 is 14.1 Å². The molecule has 0 N–H and O–H groups in total. The number of aromatic nitrogens is 2. The summed E-state index contributed by atoms with van der Waals surface area (Å²) in [6.07, 6.45) is 3.43. The molecule has 0 aliphatic rings. The molecule has 1 heterocycles. The molecule has 0 atom stereocenters. The molecule has 0 aliphatic carbocycles. The van der Waals surface area contributed by atoms with Crippen LogP contribution in [0.25, 0.3) is 0 Å². The van der Waals surface area contributed by atoms with Gasteiger partial charge >= 0.3 is 0 Å². The summed E-state index contributed by atoms with van der Waals surface area (Å²) < 4.78 is 15.7. The van der Waals surface area contributed by atoms with Crippen LogP contribution in [0.1, 0.15) is 15.9 Å². The van der Waals surface area contributed by atoms with Gasteiger partial charge in [-0.05, 0) is 18.2 Å². The highest BCUT2D eigenvalue weighted by molar-refractivity contribution is 7.99. The Kier molecular flexibility index (Phi) is 5.74. The van der Waals surface area contributed by atoms with Crippen molar-refractivity contribution in [1.82, 2.24) is 14.7 Å². The smallest absolute Gasteiger partial charge is 0.270 e. The maximum absolute atomic E-state index is 14.0. The van der Waals surface area contributed by atoms with Crippen molar-refractivity contribution in [3.05, 3.63) is 81.9 Å². The fraction of sp³-hybridized carbons (Fsp3) is 0.158. The van der Waals surface area contributed by atoms with E-state index < -0.39 is 16.6 Å². The monoisotopic (exact) mass is 400 g/mol. The van der Waals surface area contributed by atoms with Crippen molar-refractivity contribution in [3.63, 3.8) is 0 Å². The molecular formula is C19H17FN4O3S. The summed E-state index contributed by atoms with van der Waals surface area (Å²) in [5, 5.41) is 15.2. The summed E-state index contributed by atoms with van der Waals surface area (Å²) in [4.78, 5) is 25.8. The molecule has 0 unspecified atom stereocenters. The lowest BCUT2D eigenvalue weighted by molar-refractivity contribution is -0.384. The van der Waals surface area contributed by atoms with Crippen LogP contribution in [0.3, 0.4) is 0 Å². The number of nitro groups is 1. The highest BCUT2D eigenvalue weighted by Crippen LogP contribution is 2.34. The molecule has 9 heteroatoms. The Labute approximate surface area is 164 Å². The quantitative estimate of drug-likeness (QED) is 0.463. The predicted octanol–water partition coefficient (Wildman–Crippen LogP) is 3.89. The SMILES string of the molecule is CN(Cc1cnn(C)c1)C(=O)c1cc([N+](=O)[O-])ccc1Sc1ccccc1F. The van der Waals surface area contributed by atoms with Crippen LogP contribution >= 0.6 is 11.8 Å². The van der Waals surface area contributed by atoms with Crippen molar-refractivity contribution in [1.29, 1.82) is 0 Å². The molecule has 7 nitrogen and oxygen atoms in total. The van der Waals surface area contributed by atoms with Gasteiger partial charge in [0.15, 0.2) is 0 Å². The molecule has 0 saturated carbocycles. The molecule has 3 aromatic rings. The van der Waals surface area contributed by atoms with Gasteiger partial charge in [0, 0.05) is 54.3 Å². The van der Waals surface area contributed by atoms with Gasteiger partial charge in [-0.2, -0.15) is 5.10 Å². The van der Waals surface area contributed by atoms with Gasteiger partial charge in [0.1, 0.15) is 5.82 Å². The van der Waals surface area contributed by atoms with Crippen LogP contribution in [0.5, 0.6) is 0 Å². The first-order valence-electron chi connectivity index (χ1n) is 8.29. The van der Waals surface area contributed by atoms with Gasteiger partial charge in [-0.1, -0.05) is 23.9 Å². The van der Waals surface area contributed by atoms with Crippen molar-refractivity contribution in [3.8, 4) is 0 Å². The maximum atomic E-state index is 14.0. The van der Waals surface area contributed by atoms with E-state index in [2.05, 4.69) is 5.10 Å². The summed E-state index contributed by atoms with van der Waals surface area (Å²) >= 11 is 1.06. The Morgan fingerprint density at radius 3 is 2.68 bits per heavy atom. The van der Waals surface area contributed by atoms with Crippen LogP contribution < -0.4 is 0 Å². The number of nitro benzene ring substituents is 1. The van der Waals surface area contributed by atoms with E-state index in [0.717, 1.165) is 17.3 Å². The predicted molar refractivity (Wildman–Crippen MR) is 103 cm³/mol. The number of carbonyl (C=O) groups excluding carboxylic acids is 1. The fourth-order valence-corrected chi connectivity index (χ4v) is 3.58. The number of amides is 1. The van der Waals surface area contributed by atoms with Gasteiger partial charge in [0.05, 0.1) is 16.7 Å². The molecule has 0 spiro atoms. The lowest BCUT2D eigenvalue weighted by Gasteiger charge is -2.18. The molecule has 2 aromatic carbocycles. The van der Waals surface area contributed by atoms with Gasteiger partial charge in [0.2, 0.25) is 0 Å². The number of halogens is 1. The van der Waals surface area contributed by atoms with Crippen molar-refractivity contribution >= 4 is 23.4 Å². The zero-order valence-corrected chi connectivity index (χ0v) is 16.0. The van der Waals surface area contributed by atoms with Gasteiger partial charge in [-0.25, -0.2) is 4.39 Å². The number of aryl methyl sites for hydroxylation is 1. The third kappa shape index (κ3) is 4.37. The second-order valence-corrected chi connectivity index (χ2v) is 7.24. The van der Waals surface area contributed by atoms with E-state index >= 15 is 0 Å². The standard InChI is InChI=1S/C19H17FN4O3S/c1-22(11-13-10-21-23(2)12-13)19(25)15-9-14(24(26)27)7-8-17(15)28-18-6-4-3-5-16(18)20/h3-10,12H,11H2,1-2H3. The number of non-ortho nitro benzene ring substituents is 1. The van der Waals surface area contributed by atoms with E-state index in [-0.39, 0.29) is 11.3 Å². The first-order chi connectivity index (χ1) is 13.3. The number of rotatable bonds is 6. The fourth-order valence-electron chi connectivity index (χ4n) is 2.64. The molecule has 3 rings (SSSR count). The highest BCUT2D eigenvalue weighted by atomic mass is 32.2. The lowest BCUT2D eigenvalue weighted by Crippen LogP contribution is -2.26.